The predicted octanol–water partition coefficient (Wildman–Crippen LogP) is 4.08. The SMILES string of the molecule is CC(C)[C@H]1COC(=O)N1c1ccnc(N[C@@H](C)C2CCN(C(=O)C3CCCCC3)CC2)n1. The second kappa shape index (κ2) is 10.0. The summed E-state index contributed by atoms with van der Waals surface area (Å²) in [6, 6.07) is 1.92. The van der Waals surface area contributed by atoms with Gasteiger partial charge >= 0.3 is 6.09 Å². The van der Waals surface area contributed by atoms with Gasteiger partial charge in [-0.3, -0.25) is 9.69 Å². The molecule has 2 saturated heterocycles. The second-order valence-corrected chi connectivity index (χ2v) is 9.93. The molecule has 0 spiro atoms. The molecule has 2 atom stereocenters. The van der Waals surface area contributed by atoms with Gasteiger partial charge < -0.3 is 15.0 Å². The summed E-state index contributed by atoms with van der Waals surface area (Å²) in [7, 11) is 0. The molecule has 0 aromatic carbocycles. The van der Waals surface area contributed by atoms with Crippen LogP contribution in [-0.2, 0) is 9.53 Å². The Kier molecular flexibility index (Phi) is 7.16. The van der Waals surface area contributed by atoms with Crippen LogP contribution in [0.15, 0.2) is 12.3 Å². The van der Waals surface area contributed by atoms with Gasteiger partial charge in [-0.2, -0.15) is 4.98 Å². The van der Waals surface area contributed by atoms with Crippen molar-refractivity contribution in [1.29, 1.82) is 0 Å². The molecule has 0 unspecified atom stereocenters. The fourth-order valence-corrected chi connectivity index (χ4v) is 5.29. The van der Waals surface area contributed by atoms with Gasteiger partial charge in [0.05, 0.1) is 6.04 Å². The number of hydrogen-bond acceptors (Lipinski definition) is 6. The van der Waals surface area contributed by atoms with E-state index >= 15 is 0 Å². The molecule has 2 aliphatic heterocycles. The number of likely N-dealkylation sites (tertiary alicyclic amines) is 1. The zero-order chi connectivity index (χ0) is 22.7. The number of nitrogens with one attached hydrogen (secondary N) is 1. The Morgan fingerprint density at radius 3 is 2.53 bits per heavy atom. The fourth-order valence-electron chi connectivity index (χ4n) is 5.29. The van der Waals surface area contributed by atoms with Gasteiger partial charge in [0.2, 0.25) is 11.9 Å². The van der Waals surface area contributed by atoms with Crippen LogP contribution in [0, 0.1) is 17.8 Å². The highest BCUT2D eigenvalue weighted by molar-refractivity contribution is 5.89. The molecule has 3 fully saturated rings. The Bertz CT molecular complexity index is 803. The normalized spacial score (nSPS) is 24.0. The molecule has 3 heterocycles. The molecular weight excluding hydrogens is 406 g/mol. The predicted molar refractivity (Wildman–Crippen MR) is 123 cm³/mol. The lowest BCUT2D eigenvalue weighted by Gasteiger charge is -2.37. The summed E-state index contributed by atoms with van der Waals surface area (Å²) in [6.07, 6.45) is 9.09. The number of hydrogen-bond donors (Lipinski definition) is 1. The summed E-state index contributed by atoms with van der Waals surface area (Å²) in [4.78, 5) is 37.8. The van der Waals surface area contributed by atoms with E-state index in [0.29, 0.717) is 30.2 Å². The van der Waals surface area contributed by atoms with Gasteiger partial charge in [-0.25, -0.2) is 9.78 Å². The van der Waals surface area contributed by atoms with Crippen LogP contribution in [0.4, 0.5) is 16.6 Å². The monoisotopic (exact) mass is 443 g/mol. The first-order valence-corrected chi connectivity index (χ1v) is 12.3. The summed E-state index contributed by atoms with van der Waals surface area (Å²) in [6.45, 7) is 8.37. The maximum atomic E-state index is 12.8. The number of anilines is 2. The quantitative estimate of drug-likeness (QED) is 0.713. The van der Waals surface area contributed by atoms with Crippen LogP contribution < -0.4 is 10.2 Å². The number of piperidine rings is 1. The number of carbonyl (C=O) groups excluding carboxylic acids is 2. The second-order valence-electron chi connectivity index (χ2n) is 9.93. The first-order valence-electron chi connectivity index (χ1n) is 12.3. The highest BCUT2D eigenvalue weighted by Crippen LogP contribution is 2.30. The third kappa shape index (κ3) is 4.99. The third-order valence-electron chi connectivity index (χ3n) is 7.43. The minimum absolute atomic E-state index is 0.0197. The molecule has 1 N–H and O–H groups in total. The van der Waals surface area contributed by atoms with Gasteiger partial charge in [-0.1, -0.05) is 33.1 Å². The first kappa shape index (κ1) is 22.8. The summed E-state index contributed by atoms with van der Waals surface area (Å²) >= 11 is 0. The van der Waals surface area contributed by atoms with E-state index in [1.165, 1.54) is 19.3 Å². The van der Waals surface area contributed by atoms with E-state index in [4.69, 9.17) is 4.74 Å². The van der Waals surface area contributed by atoms with Crippen molar-refractivity contribution in [2.45, 2.75) is 77.8 Å². The topological polar surface area (TPSA) is 87.7 Å². The molecular formula is C24H37N5O3. The molecule has 0 radical (unpaired) electrons. The number of cyclic esters (lactones) is 1. The van der Waals surface area contributed by atoms with Crippen LogP contribution >= 0.6 is 0 Å². The molecule has 8 heteroatoms. The summed E-state index contributed by atoms with van der Waals surface area (Å²) in [5.41, 5.74) is 0. The molecule has 1 aromatic rings. The molecule has 1 saturated carbocycles. The lowest BCUT2D eigenvalue weighted by atomic mass is 9.86. The molecule has 176 valence electrons. The zero-order valence-corrected chi connectivity index (χ0v) is 19.6. The molecule has 2 amide bonds. The minimum Gasteiger partial charge on any atom is -0.447 e. The van der Waals surface area contributed by atoms with Gasteiger partial charge in [0.1, 0.15) is 12.4 Å². The molecule has 4 rings (SSSR count). The van der Waals surface area contributed by atoms with Gasteiger partial charge in [0, 0.05) is 31.2 Å². The number of rotatable bonds is 6. The van der Waals surface area contributed by atoms with E-state index < -0.39 is 0 Å². The highest BCUT2D eigenvalue weighted by atomic mass is 16.6. The van der Waals surface area contributed by atoms with Crippen LogP contribution in [0.3, 0.4) is 0 Å². The van der Waals surface area contributed by atoms with Crippen molar-refractivity contribution >= 4 is 23.8 Å². The lowest BCUT2D eigenvalue weighted by molar-refractivity contribution is -0.138. The Morgan fingerprint density at radius 1 is 1.12 bits per heavy atom. The van der Waals surface area contributed by atoms with E-state index in [9.17, 15) is 9.59 Å². The van der Waals surface area contributed by atoms with E-state index in [1.54, 1.807) is 17.2 Å². The van der Waals surface area contributed by atoms with Gasteiger partial charge in [-0.15, -0.1) is 0 Å². The van der Waals surface area contributed by atoms with Crippen LogP contribution in [0.25, 0.3) is 0 Å². The van der Waals surface area contributed by atoms with E-state index in [2.05, 4.69) is 41.0 Å². The number of ether oxygens (including phenoxy) is 1. The van der Waals surface area contributed by atoms with E-state index in [-0.39, 0.29) is 30.0 Å². The minimum atomic E-state index is -0.351. The number of amides is 2. The Hall–Kier alpha value is -2.38. The molecule has 1 aromatic heterocycles. The van der Waals surface area contributed by atoms with Crippen molar-refractivity contribution in [1.82, 2.24) is 14.9 Å². The maximum absolute atomic E-state index is 12.8. The van der Waals surface area contributed by atoms with Gasteiger partial charge in [-0.05, 0) is 50.5 Å². The van der Waals surface area contributed by atoms with E-state index in [1.807, 2.05) is 0 Å². The average molecular weight is 444 g/mol. The zero-order valence-electron chi connectivity index (χ0n) is 19.6. The van der Waals surface area contributed by atoms with Crippen molar-refractivity contribution in [3.63, 3.8) is 0 Å². The van der Waals surface area contributed by atoms with Crippen LogP contribution in [-0.4, -0.2) is 58.6 Å². The van der Waals surface area contributed by atoms with Crippen LogP contribution in [0.2, 0.25) is 0 Å². The maximum Gasteiger partial charge on any atom is 0.415 e. The first-order chi connectivity index (χ1) is 15.4. The Labute approximate surface area is 191 Å². The number of aromatic nitrogens is 2. The summed E-state index contributed by atoms with van der Waals surface area (Å²) < 4.78 is 5.26. The summed E-state index contributed by atoms with van der Waals surface area (Å²) in [5, 5.41) is 3.44. The molecule has 8 nitrogen and oxygen atoms in total. The van der Waals surface area contributed by atoms with Crippen molar-refractivity contribution in [3.05, 3.63) is 12.3 Å². The van der Waals surface area contributed by atoms with Crippen LogP contribution in [0.1, 0.15) is 65.7 Å². The van der Waals surface area contributed by atoms with Crippen molar-refractivity contribution in [2.24, 2.45) is 17.8 Å². The van der Waals surface area contributed by atoms with Crippen molar-refractivity contribution in [2.75, 3.05) is 29.9 Å². The average Bonchev–Trinajstić information content (AvgIpc) is 3.21. The Morgan fingerprint density at radius 2 is 1.84 bits per heavy atom. The third-order valence-corrected chi connectivity index (χ3v) is 7.43. The summed E-state index contributed by atoms with van der Waals surface area (Å²) in [5.74, 6) is 2.45. The fraction of sp³-hybridized carbons (Fsp3) is 0.750. The van der Waals surface area contributed by atoms with Gasteiger partial charge in [0.15, 0.2) is 0 Å². The van der Waals surface area contributed by atoms with Crippen molar-refractivity contribution < 1.29 is 14.3 Å². The van der Waals surface area contributed by atoms with E-state index in [0.717, 1.165) is 38.8 Å². The number of carbonyl (C=O) groups is 2. The smallest absolute Gasteiger partial charge is 0.415 e. The molecule has 1 aliphatic carbocycles. The van der Waals surface area contributed by atoms with Gasteiger partial charge in [0.25, 0.3) is 0 Å². The van der Waals surface area contributed by atoms with Crippen LogP contribution in [0.5, 0.6) is 0 Å². The highest BCUT2D eigenvalue weighted by Gasteiger charge is 2.37. The Balaban J connectivity index is 1.33. The molecule has 32 heavy (non-hydrogen) atoms. The largest absolute Gasteiger partial charge is 0.447 e. The molecule has 0 bridgehead atoms. The standard InChI is InChI=1S/C24H37N5O3/c1-16(2)20-15-32-24(31)29(20)21-9-12-25-23(27-21)26-17(3)18-10-13-28(14-11-18)22(30)19-7-5-4-6-8-19/h9,12,16-20H,4-8,10-11,13-15H2,1-3H3,(H,25,26,27)/t17-,20+/m0/s1. The lowest BCUT2D eigenvalue weighted by Crippen LogP contribution is -2.45. The molecule has 3 aliphatic rings. The van der Waals surface area contributed by atoms with Crippen molar-refractivity contribution in [3.8, 4) is 0 Å². The number of nitrogens with zero attached hydrogens (tertiary/aromatic N) is 4.